The molecule has 2 heterocycles. The Bertz CT molecular complexity index is 1020. The van der Waals surface area contributed by atoms with E-state index in [-0.39, 0.29) is 17.4 Å². The number of fused-ring (bicyclic) bond motifs is 4. The number of esters is 1. The molecular weight excluding hydrogens is 368 g/mol. The lowest BCUT2D eigenvalue weighted by atomic mass is 9.96. The number of carbonyl (C=O) groups excluding carboxylic acids is 1. The van der Waals surface area contributed by atoms with E-state index in [1.165, 1.54) is 0 Å². The molecule has 3 aliphatic rings. The number of rotatable bonds is 2. The van der Waals surface area contributed by atoms with E-state index >= 15 is 0 Å². The lowest BCUT2D eigenvalue weighted by Gasteiger charge is -2.37. The molecule has 1 aliphatic carbocycles. The molecule has 1 saturated heterocycles. The van der Waals surface area contributed by atoms with Crippen molar-refractivity contribution in [3.8, 4) is 5.75 Å². The number of carbonyl (C=O) groups is 1. The molecular formula is C23H28O4Si. The third-order valence-electron chi connectivity index (χ3n) is 6.16. The van der Waals surface area contributed by atoms with E-state index in [2.05, 4.69) is 58.2 Å². The van der Waals surface area contributed by atoms with Crippen molar-refractivity contribution in [3.05, 3.63) is 45.5 Å². The van der Waals surface area contributed by atoms with E-state index in [0.29, 0.717) is 13.2 Å². The maximum Gasteiger partial charge on any atom is 0.310 e. The number of cyclic esters (lactones) is 1. The highest BCUT2D eigenvalue weighted by molar-refractivity contribution is 6.74. The molecule has 4 rings (SSSR count). The van der Waals surface area contributed by atoms with E-state index in [9.17, 15) is 4.79 Å². The molecule has 0 bridgehead atoms. The quantitative estimate of drug-likeness (QED) is 0.565. The maximum absolute atomic E-state index is 12.0. The molecule has 28 heavy (non-hydrogen) atoms. The minimum atomic E-state index is -2.03. The second-order valence-electron chi connectivity index (χ2n) is 9.18. The first-order valence-electron chi connectivity index (χ1n) is 9.92. The van der Waals surface area contributed by atoms with Gasteiger partial charge in [0.25, 0.3) is 0 Å². The van der Waals surface area contributed by atoms with Gasteiger partial charge in [-0.3, -0.25) is 4.79 Å². The van der Waals surface area contributed by atoms with Gasteiger partial charge in [0.2, 0.25) is 8.32 Å². The molecule has 148 valence electrons. The van der Waals surface area contributed by atoms with Crippen LogP contribution in [0.3, 0.4) is 0 Å². The molecule has 4 nitrogen and oxygen atoms in total. The Kier molecular flexibility index (Phi) is 4.53. The zero-order chi connectivity index (χ0) is 20.1. The summed E-state index contributed by atoms with van der Waals surface area (Å²) in [5, 5.41) is 2.27. The highest BCUT2D eigenvalue weighted by Gasteiger charge is 2.39. The van der Waals surface area contributed by atoms with E-state index in [1.54, 1.807) is 0 Å². The normalized spacial score (nSPS) is 18.9. The molecule has 2 aliphatic heterocycles. The molecule has 1 aromatic rings. The molecule has 1 fully saturated rings. The summed E-state index contributed by atoms with van der Waals surface area (Å²) in [6.45, 7) is 12.1. The molecule has 0 aromatic heterocycles. The van der Waals surface area contributed by atoms with Crippen molar-refractivity contribution >= 4 is 32.0 Å². The zero-order valence-electron chi connectivity index (χ0n) is 17.3. The number of ether oxygens (including phenoxy) is 2. The van der Waals surface area contributed by atoms with Gasteiger partial charge >= 0.3 is 5.97 Å². The topological polar surface area (TPSA) is 44.8 Å². The van der Waals surface area contributed by atoms with Crippen LogP contribution in [0.1, 0.15) is 39.2 Å². The lowest BCUT2D eigenvalue weighted by molar-refractivity contribution is -0.142. The summed E-state index contributed by atoms with van der Waals surface area (Å²) in [6, 6.07) is 4.22. The largest absolute Gasteiger partial charge is 0.543 e. The Hall–Kier alpha value is -2.27. The van der Waals surface area contributed by atoms with Crippen molar-refractivity contribution in [1.29, 1.82) is 0 Å². The van der Waals surface area contributed by atoms with Gasteiger partial charge in [-0.15, -0.1) is 0 Å². The summed E-state index contributed by atoms with van der Waals surface area (Å²) < 4.78 is 18.1. The van der Waals surface area contributed by atoms with Crippen molar-refractivity contribution in [3.63, 3.8) is 0 Å². The number of benzene rings is 1. The minimum absolute atomic E-state index is 0.0832. The molecule has 0 unspecified atom stereocenters. The highest BCUT2D eigenvalue weighted by atomic mass is 28.4. The van der Waals surface area contributed by atoms with Gasteiger partial charge < -0.3 is 13.9 Å². The Morgan fingerprint density at radius 1 is 1.11 bits per heavy atom. The van der Waals surface area contributed by atoms with E-state index in [1.807, 2.05) is 6.08 Å². The smallest absolute Gasteiger partial charge is 0.310 e. The van der Waals surface area contributed by atoms with Crippen LogP contribution in [0.15, 0.2) is 29.5 Å². The van der Waals surface area contributed by atoms with Crippen LogP contribution in [0.5, 0.6) is 5.75 Å². The van der Waals surface area contributed by atoms with Gasteiger partial charge in [0, 0.05) is 22.8 Å². The first-order valence-corrected chi connectivity index (χ1v) is 12.8. The highest BCUT2D eigenvalue weighted by Crippen LogP contribution is 2.39. The van der Waals surface area contributed by atoms with Crippen LogP contribution >= 0.6 is 0 Å². The fourth-order valence-corrected chi connectivity index (χ4v) is 4.54. The molecule has 0 radical (unpaired) electrons. The summed E-state index contributed by atoms with van der Waals surface area (Å²) >= 11 is 0. The van der Waals surface area contributed by atoms with E-state index in [0.717, 1.165) is 45.1 Å². The fraction of sp³-hybridized carbons (Fsp3) is 0.435. The summed E-state index contributed by atoms with van der Waals surface area (Å²) in [6.07, 6.45) is 7.54. The van der Waals surface area contributed by atoms with E-state index < -0.39 is 8.32 Å². The first-order chi connectivity index (χ1) is 13.2. The predicted molar refractivity (Wildman–Crippen MR) is 114 cm³/mol. The average molecular weight is 397 g/mol. The number of hydrogen-bond donors (Lipinski definition) is 0. The van der Waals surface area contributed by atoms with Crippen LogP contribution in [-0.4, -0.2) is 27.5 Å². The van der Waals surface area contributed by atoms with Crippen LogP contribution in [-0.2, 0) is 14.0 Å². The second kappa shape index (κ2) is 6.66. The monoisotopic (exact) mass is 396 g/mol. The third kappa shape index (κ3) is 3.32. The standard InChI is InChI=1S/C23H28O4Si/c1-23(2,3)28(4,5)27-17-11-16-12-21(24)26-14-20(16)18-9-8-15-7-6-10-25-22(15)19(18)13-17/h7-9,11,13H,6,10,12,14H2,1-5H3. The molecule has 0 amide bonds. The van der Waals surface area contributed by atoms with Gasteiger partial charge in [-0.25, -0.2) is 0 Å². The van der Waals surface area contributed by atoms with Crippen molar-refractivity contribution in [2.75, 3.05) is 13.2 Å². The number of allylic oxidation sites excluding steroid dienone is 1. The molecule has 5 heteroatoms. The van der Waals surface area contributed by atoms with Crippen LogP contribution in [0, 0.1) is 0 Å². The molecule has 1 aromatic carbocycles. The second-order valence-corrected chi connectivity index (χ2v) is 13.9. The van der Waals surface area contributed by atoms with Crippen molar-refractivity contribution < 1.29 is 18.7 Å². The van der Waals surface area contributed by atoms with E-state index in [4.69, 9.17) is 13.9 Å². The predicted octanol–water partition coefficient (Wildman–Crippen LogP) is 3.65. The summed E-state index contributed by atoms with van der Waals surface area (Å²) in [4.78, 5) is 12.0. The average Bonchev–Trinajstić information content (AvgIpc) is 2.76. The molecule has 0 spiro atoms. The summed E-state index contributed by atoms with van der Waals surface area (Å²) in [5.74, 6) is 1.53. The Morgan fingerprint density at radius 2 is 1.89 bits per heavy atom. The Labute approximate surface area is 167 Å². The van der Waals surface area contributed by atoms with Gasteiger partial charge in [0.15, 0.2) is 0 Å². The third-order valence-corrected chi connectivity index (χ3v) is 10.5. The number of hydrogen-bond acceptors (Lipinski definition) is 4. The molecule has 0 atom stereocenters. The van der Waals surface area contributed by atoms with Crippen LogP contribution in [0.2, 0.25) is 18.1 Å². The Morgan fingerprint density at radius 3 is 2.64 bits per heavy atom. The maximum atomic E-state index is 12.0. The van der Waals surface area contributed by atoms with Crippen LogP contribution in [0.4, 0.5) is 0 Å². The summed E-state index contributed by atoms with van der Waals surface area (Å²) in [5.41, 5.74) is 3.07. The van der Waals surface area contributed by atoms with Gasteiger partial charge in [-0.05, 0) is 41.1 Å². The minimum Gasteiger partial charge on any atom is -0.543 e. The van der Waals surface area contributed by atoms with Crippen LogP contribution < -0.4 is 15.2 Å². The Balaban J connectivity index is 1.93. The fourth-order valence-electron chi connectivity index (χ4n) is 3.53. The first kappa shape index (κ1) is 19.1. The lowest BCUT2D eigenvalue weighted by Crippen LogP contribution is -2.40. The SMILES string of the molecule is CC(C)(C)[Si](C)(C)OC1=Cc2c3c(ccc2=C2COC(=O)CC2=C1)=CCCO3. The molecule has 0 N–H and O–H groups in total. The zero-order valence-corrected chi connectivity index (χ0v) is 18.3. The summed E-state index contributed by atoms with van der Waals surface area (Å²) in [7, 11) is -2.03. The van der Waals surface area contributed by atoms with Gasteiger partial charge in [0.1, 0.15) is 18.1 Å². The van der Waals surface area contributed by atoms with Crippen LogP contribution in [0.25, 0.3) is 17.7 Å². The van der Waals surface area contributed by atoms with Crippen molar-refractivity contribution in [1.82, 2.24) is 0 Å². The van der Waals surface area contributed by atoms with Crippen molar-refractivity contribution in [2.24, 2.45) is 0 Å². The van der Waals surface area contributed by atoms with Gasteiger partial charge in [0.05, 0.1) is 13.0 Å². The molecule has 0 saturated carbocycles. The van der Waals surface area contributed by atoms with Gasteiger partial charge in [-0.1, -0.05) is 39.0 Å². The van der Waals surface area contributed by atoms with Gasteiger partial charge in [-0.2, -0.15) is 0 Å². The van der Waals surface area contributed by atoms with Crippen molar-refractivity contribution in [2.45, 2.75) is 51.7 Å².